The van der Waals surface area contributed by atoms with E-state index in [1.165, 1.54) is 0 Å². The zero-order valence-corrected chi connectivity index (χ0v) is 10.8. The van der Waals surface area contributed by atoms with E-state index in [9.17, 15) is 14.7 Å². The smallest absolute Gasteiger partial charge is 0.223 e. The number of carbonyl (C=O) groups excluding carboxylic acids is 2. The summed E-state index contributed by atoms with van der Waals surface area (Å²) in [5.41, 5.74) is -0.322. The molecule has 1 saturated heterocycles. The Kier molecular flexibility index (Phi) is 4.22. The maximum Gasteiger partial charge on any atom is 0.223 e. The van der Waals surface area contributed by atoms with Gasteiger partial charge in [-0.3, -0.25) is 4.79 Å². The number of nitrogens with zero attached hydrogens (tertiary/aromatic N) is 1. The second kappa shape index (κ2) is 5.69. The average molecular weight is 254 g/mol. The SMILES string of the molecule is O=C([O-])CC1(CC(=O)N2CC[NH2+]CC2)CCCC1. The summed E-state index contributed by atoms with van der Waals surface area (Å²) < 4.78 is 0. The van der Waals surface area contributed by atoms with Gasteiger partial charge in [0.15, 0.2) is 0 Å². The molecule has 1 amide bonds. The molecule has 0 spiro atoms. The summed E-state index contributed by atoms with van der Waals surface area (Å²) in [6.07, 6.45) is 4.21. The highest BCUT2D eigenvalue weighted by molar-refractivity contribution is 5.78. The molecule has 1 heterocycles. The first kappa shape index (κ1) is 13.3. The minimum absolute atomic E-state index is 0.0404. The Morgan fingerprint density at radius 3 is 2.28 bits per heavy atom. The lowest BCUT2D eigenvalue weighted by Gasteiger charge is -2.33. The quantitative estimate of drug-likeness (QED) is 0.662. The number of carbonyl (C=O) groups is 2. The number of hydrogen-bond donors (Lipinski definition) is 1. The Morgan fingerprint density at radius 2 is 1.72 bits per heavy atom. The minimum atomic E-state index is -1.02. The van der Waals surface area contributed by atoms with Crippen molar-refractivity contribution in [3.8, 4) is 0 Å². The molecule has 5 heteroatoms. The molecule has 0 aromatic rings. The molecule has 2 rings (SSSR count). The van der Waals surface area contributed by atoms with Crippen LogP contribution in [-0.4, -0.2) is 43.0 Å². The summed E-state index contributed by atoms with van der Waals surface area (Å²) in [5, 5.41) is 13.1. The lowest BCUT2D eigenvalue weighted by Crippen LogP contribution is -2.89. The van der Waals surface area contributed by atoms with E-state index in [-0.39, 0.29) is 17.7 Å². The van der Waals surface area contributed by atoms with Crippen LogP contribution in [0.3, 0.4) is 0 Å². The highest BCUT2D eigenvalue weighted by Gasteiger charge is 2.37. The van der Waals surface area contributed by atoms with E-state index in [1.807, 2.05) is 4.90 Å². The van der Waals surface area contributed by atoms with E-state index in [0.29, 0.717) is 6.42 Å². The fourth-order valence-corrected chi connectivity index (χ4v) is 3.28. The number of piperazine rings is 1. The third-order valence-electron chi connectivity index (χ3n) is 4.27. The van der Waals surface area contributed by atoms with Gasteiger partial charge >= 0.3 is 0 Å². The van der Waals surface area contributed by atoms with Crippen LogP contribution in [-0.2, 0) is 9.59 Å². The summed E-state index contributed by atoms with van der Waals surface area (Å²) in [5.74, 6) is -0.886. The van der Waals surface area contributed by atoms with Crippen molar-refractivity contribution in [1.29, 1.82) is 0 Å². The van der Waals surface area contributed by atoms with Gasteiger partial charge in [-0.05, 0) is 24.7 Å². The van der Waals surface area contributed by atoms with E-state index in [0.717, 1.165) is 51.9 Å². The molecule has 0 unspecified atom stereocenters. The standard InChI is InChI=1S/C13H22N2O3/c16-11(15-7-5-14-6-8-15)9-13(10-12(17)18)3-1-2-4-13/h14H,1-10H2,(H,17,18). The number of rotatable bonds is 4. The van der Waals surface area contributed by atoms with Gasteiger partial charge in [0.25, 0.3) is 0 Å². The molecule has 0 atom stereocenters. The number of carboxylic acid groups (broad SMARTS) is 1. The fraction of sp³-hybridized carbons (Fsp3) is 0.846. The highest BCUT2D eigenvalue weighted by Crippen LogP contribution is 2.44. The van der Waals surface area contributed by atoms with Crippen LogP contribution in [0.5, 0.6) is 0 Å². The van der Waals surface area contributed by atoms with Gasteiger partial charge in [-0.15, -0.1) is 0 Å². The van der Waals surface area contributed by atoms with Crippen molar-refractivity contribution in [3.05, 3.63) is 0 Å². The summed E-state index contributed by atoms with van der Waals surface area (Å²) in [6.45, 7) is 3.50. The second-order valence-corrected chi connectivity index (χ2v) is 5.68. The van der Waals surface area contributed by atoms with E-state index in [4.69, 9.17) is 0 Å². The number of quaternary nitrogens is 1. The third kappa shape index (κ3) is 3.22. The van der Waals surface area contributed by atoms with Crippen molar-refractivity contribution in [2.24, 2.45) is 5.41 Å². The number of hydrogen-bond acceptors (Lipinski definition) is 3. The molecule has 1 aliphatic heterocycles. The van der Waals surface area contributed by atoms with Crippen molar-refractivity contribution in [3.63, 3.8) is 0 Å². The van der Waals surface area contributed by atoms with Crippen LogP contribution in [0.2, 0.25) is 0 Å². The van der Waals surface area contributed by atoms with Gasteiger partial charge in [0.05, 0.1) is 26.2 Å². The minimum Gasteiger partial charge on any atom is -0.550 e. The molecule has 102 valence electrons. The lowest BCUT2D eigenvalue weighted by atomic mass is 9.79. The van der Waals surface area contributed by atoms with Gasteiger partial charge in [0.1, 0.15) is 0 Å². The monoisotopic (exact) mass is 254 g/mol. The lowest BCUT2D eigenvalue weighted by molar-refractivity contribution is -0.662. The van der Waals surface area contributed by atoms with Crippen LogP contribution in [0, 0.1) is 5.41 Å². The van der Waals surface area contributed by atoms with E-state index in [2.05, 4.69) is 5.32 Å². The maximum atomic E-state index is 12.2. The van der Waals surface area contributed by atoms with Crippen molar-refractivity contribution in [2.75, 3.05) is 26.2 Å². The molecule has 0 aromatic heterocycles. The molecule has 0 aromatic carbocycles. The summed E-state index contributed by atoms with van der Waals surface area (Å²) in [7, 11) is 0. The molecule has 2 aliphatic rings. The van der Waals surface area contributed by atoms with E-state index in [1.54, 1.807) is 0 Å². The zero-order chi connectivity index (χ0) is 13.0. The number of carboxylic acids is 1. The Balaban J connectivity index is 1.95. The summed E-state index contributed by atoms with van der Waals surface area (Å²) >= 11 is 0. The molecule has 0 bridgehead atoms. The second-order valence-electron chi connectivity index (χ2n) is 5.68. The predicted octanol–water partition coefficient (Wildman–Crippen LogP) is -1.52. The Morgan fingerprint density at radius 1 is 1.11 bits per heavy atom. The average Bonchev–Trinajstić information content (AvgIpc) is 2.77. The first-order valence-corrected chi connectivity index (χ1v) is 6.91. The van der Waals surface area contributed by atoms with Gasteiger partial charge < -0.3 is 20.1 Å². The third-order valence-corrected chi connectivity index (χ3v) is 4.27. The normalized spacial score (nSPS) is 23.0. The molecular weight excluding hydrogens is 232 g/mol. The highest BCUT2D eigenvalue weighted by atomic mass is 16.4. The molecule has 18 heavy (non-hydrogen) atoms. The molecule has 5 nitrogen and oxygen atoms in total. The van der Waals surface area contributed by atoms with E-state index >= 15 is 0 Å². The van der Waals surface area contributed by atoms with Crippen LogP contribution in [0.4, 0.5) is 0 Å². The maximum absolute atomic E-state index is 12.2. The number of aliphatic carboxylic acids is 1. The first-order valence-electron chi connectivity index (χ1n) is 6.91. The molecule has 0 radical (unpaired) electrons. The molecule has 1 aliphatic carbocycles. The molecular formula is C13H22N2O3. The van der Waals surface area contributed by atoms with Crippen LogP contribution in [0.25, 0.3) is 0 Å². The van der Waals surface area contributed by atoms with E-state index < -0.39 is 5.97 Å². The first-order chi connectivity index (χ1) is 8.61. The van der Waals surface area contributed by atoms with Crippen LogP contribution < -0.4 is 10.4 Å². The van der Waals surface area contributed by atoms with Gasteiger partial charge in [0, 0.05) is 12.4 Å². The van der Waals surface area contributed by atoms with Crippen molar-refractivity contribution < 1.29 is 20.0 Å². The van der Waals surface area contributed by atoms with Crippen LogP contribution in [0.15, 0.2) is 0 Å². The molecule has 1 saturated carbocycles. The zero-order valence-electron chi connectivity index (χ0n) is 10.8. The molecule has 2 N–H and O–H groups in total. The van der Waals surface area contributed by atoms with Gasteiger partial charge in [-0.2, -0.15) is 0 Å². The summed E-state index contributed by atoms with van der Waals surface area (Å²) in [6, 6.07) is 0. The Bertz CT molecular complexity index is 318. The van der Waals surface area contributed by atoms with Gasteiger partial charge in [-0.25, -0.2) is 0 Å². The van der Waals surface area contributed by atoms with Crippen LogP contribution >= 0.6 is 0 Å². The summed E-state index contributed by atoms with van der Waals surface area (Å²) in [4.78, 5) is 25.0. The number of nitrogens with two attached hydrogens (primary N) is 1. The van der Waals surface area contributed by atoms with Gasteiger partial charge in [0.2, 0.25) is 5.91 Å². The molecule has 2 fully saturated rings. The predicted molar refractivity (Wildman–Crippen MR) is 63.4 cm³/mol. The van der Waals surface area contributed by atoms with Gasteiger partial charge in [-0.1, -0.05) is 12.8 Å². The van der Waals surface area contributed by atoms with Crippen LogP contribution in [0.1, 0.15) is 38.5 Å². The topological polar surface area (TPSA) is 77.0 Å². The Labute approximate surface area is 108 Å². The fourth-order valence-electron chi connectivity index (χ4n) is 3.28. The number of amides is 1. The largest absolute Gasteiger partial charge is 0.550 e. The van der Waals surface area contributed by atoms with Crippen molar-refractivity contribution in [1.82, 2.24) is 4.90 Å². The van der Waals surface area contributed by atoms with Crippen molar-refractivity contribution in [2.45, 2.75) is 38.5 Å². The Hall–Kier alpha value is -1.10. The van der Waals surface area contributed by atoms with Crippen molar-refractivity contribution >= 4 is 11.9 Å².